The molecule has 0 spiro atoms. The molecule has 0 bridgehead atoms. The van der Waals surface area contributed by atoms with E-state index in [-0.39, 0.29) is 5.60 Å². The van der Waals surface area contributed by atoms with Crippen molar-refractivity contribution < 1.29 is 5.11 Å². The fourth-order valence-electron chi connectivity index (χ4n) is 2.63. The molecule has 2 aliphatic rings. The van der Waals surface area contributed by atoms with Crippen LogP contribution >= 0.6 is 0 Å². The van der Waals surface area contributed by atoms with Crippen molar-refractivity contribution >= 4 is 0 Å². The molecule has 0 aromatic rings. The maximum Gasteiger partial charge on any atom is 0.0802 e. The van der Waals surface area contributed by atoms with Crippen LogP contribution in [0.2, 0.25) is 0 Å². The van der Waals surface area contributed by atoms with Crippen LogP contribution in [0.1, 0.15) is 38.5 Å². The molecule has 1 saturated heterocycles. The van der Waals surface area contributed by atoms with Crippen LogP contribution in [-0.2, 0) is 0 Å². The van der Waals surface area contributed by atoms with E-state index in [0.29, 0.717) is 6.04 Å². The fraction of sp³-hybridized carbons (Fsp3) is 1.00. The molecule has 2 nitrogen and oxygen atoms in total. The number of rotatable bonds is 1. The summed E-state index contributed by atoms with van der Waals surface area (Å²) >= 11 is 0. The highest BCUT2D eigenvalue weighted by Crippen LogP contribution is 2.39. The largest absolute Gasteiger partial charge is 0.388 e. The minimum Gasteiger partial charge on any atom is -0.388 e. The number of aliphatic hydroxyl groups is 1. The Bertz CT molecular complexity index is 165. The van der Waals surface area contributed by atoms with Crippen molar-refractivity contribution in [3.8, 4) is 0 Å². The van der Waals surface area contributed by atoms with Gasteiger partial charge in [-0.2, -0.15) is 0 Å². The van der Waals surface area contributed by atoms with Gasteiger partial charge in [0.1, 0.15) is 0 Å². The van der Waals surface area contributed by atoms with E-state index in [1.807, 2.05) is 0 Å². The van der Waals surface area contributed by atoms with Crippen molar-refractivity contribution in [1.29, 1.82) is 0 Å². The second-order valence-electron chi connectivity index (χ2n) is 4.45. The van der Waals surface area contributed by atoms with Crippen LogP contribution in [0.25, 0.3) is 0 Å². The highest BCUT2D eigenvalue weighted by atomic mass is 16.3. The summed E-state index contributed by atoms with van der Waals surface area (Å²) in [6.07, 6.45) is 7.10. The molecule has 70 valence electrons. The van der Waals surface area contributed by atoms with Crippen LogP contribution < -0.4 is 0 Å². The molecule has 1 heterocycles. The minimum absolute atomic E-state index is 0.310. The van der Waals surface area contributed by atoms with Crippen LogP contribution in [0.4, 0.5) is 0 Å². The van der Waals surface area contributed by atoms with E-state index >= 15 is 0 Å². The summed E-state index contributed by atoms with van der Waals surface area (Å²) in [7, 11) is 2.15. The first-order chi connectivity index (χ1) is 5.72. The smallest absolute Gasteiger partial charge is 0.0802 e. The highest BCUT2D eigenvalue weighted by molar-refractivity contribution is 4.99. The van der Waals surface area contributed by atoms with Gasteiger partial charge in [0.2, 0.25) is 0 Å². The third-order valence-electron chi connectivity index (χ3n) is 3.61. The van der Waals surface area contributed by atoms with Gasteiger partial charge in [0.15, 0.2) is 0 Å². The van der Waals surface area contributed by atoms with Gasteiger partial charge in [-0.25, -0.2) is 0 Å². The Morgan fingerprint density at radius 3 is 2.50 bits per heavy atom. The van der Waals surface area contributed by atoms with Crippen molar-refractivity contribution in [2.75, 3.05) is 13.6 Å². The summed E-state index contributed by atoms with van der Waals surface area (Å²) in [5.74, 6) is 0. The van der Waals surface area contributed by atoms with Gasteiger partial charge in [0, 0.05) is 6.04 Å². The average Bonchev–Trinajstić information content (AvgIpc) is 2.01. The van der Waals surface area contributed by atoms with Crippen molar-refractivity contribution in [2.45, 2.75) is 50.2 Å². The molecule has 0 aromatic carbocycles. The van der Waals surface area contributed by atoms with Gasteiger partial charge >= 0.3 is 0 Å². The molecule has 1 saturated carbocycles. The summed E-state index contributed by atoms with van der Waals surface area (Å²) in [4.78, 5) is 2.35. The Balaban J connectivity index is 2.00. The molecule has 1 atom stereocenters. The maximum absolute atomic E-state index is 10.2. The van der Waals surface area contributed by atoms with E-state index in [4.69, 9.17) is 0 Å². The Labute approximate surface area is 74.6 Å². The number of nitrogens with zero attached hydrogens (tertiary/aromatic N) is 1. The summed E-state index contributed by atoms with van der Waals surface area (Å²) in [6.45, 7) is 1.17. The van der Waals surface area contributed by atoms with Crippen LogP contribution in [0.5, 0.6) is 0 Å². The molecule has 2 rings (SSSR count). The van der Waals surface area contributed by atoms with Gasteiger partial charge in [0.25, 0.3) is 0 Å². The molecule has 2 heteroatoms. The Morgan fingerprint density at radius 1 is 1.25 bits per heavy atom. The zero-order valence-corrected chi connectivity index (χ0v) is 7.92. The van der Waals surface area contributed by atoms with Crippen LogP contribution in [0, 0.1) is 0 Å². The first-order valence-corrected chi connectivity index (χ1v) is 5.15. The summed E-state index contributed by atoms with van der Waals surface area (Å²) in [5.41, 5.74) is -0.310. The summed E-state index contributed by atoms with van der Waals surface area (Å²) < 4.78 is 0. The second-order valence-corrected chi connectivity index (χ2v) is 4.45. The lowest BCUT2D eigenvalue weighted by molar-refractivity contribution is -0.106. The molecule has 1 aliphatic heterocycles. The number of piperidine rings is 1. The van der Waals surface area contributed by atoms with Gasteiger partial charge in [-0.05, 0) is 45.7 Å². The van der Waals surface area contributed by atoms with E-state index in [9.17, 15) is 5.11 Å². The monoisotopic (exact) mass is 169 g/mol. The molecular weight excluding hydrogens is 150 g/mol. The molecular formula is C10H19NO. The van der Waals surface area contributed by atoms with Gasteiger partial charge in [-0.15, -0.1) is 0 Å². The zero-order valence-electron chi connectivity index (χ0n) is 7.92. The number of hydrogen-bond acceptors (Lipinski definition) is 2. The van der Waals surface area contributed by atoms with Gasteiger partial charge in [0.05, 0.1) is 5.60 Å². The van der Waals surface area contributed by atoms with Crippen molar-refractivity contribution in [3.63, 3.8) is 0 Å². The molecule has 1 N–H and O–H groups in total. The van der Waals surface area contributed by atoms with Crippen molar-refractivity contribution in [1.82, 2.24) is 4.90 Å². The normalized spacial score (nSPS) is 36.0. The van der Waals surface area contributed by atoms with Gasteiger partial charge in [-0.1, -0.05) is 6.42 Å². The third kappa shape index (κ3) is 1.27. The summed E-state index contributed by atoms with van der Waals surface area (Å²) in [5, 5.41) is 10.2. The Morgan fingerprint density at radius 2 is 2.00 bits per heavy atom. The second kappa shape index (κ2) is 3.00. The lowest BCUT2D eigenvalue weighted by atomic mass is 9.72. The van der Waals surface area contributed by atoms with E-state index in [0.717, 1.165) is 12.8 Å². The molecule has 12 heavy (non-hydrogen) atoms. The van der Waals surface area contributed by atoms with Gasteiger partial charge in [-0.3, -0.25) is 0 Å². The quantitative estimate of drug-likeness (QED) is 0.641. The minimum atomic E-state index is -0.310. The standard InChI is InChI=1S/C10H19NO/c1-11-8-3-2-5-9(11)10(12)6-4-7-10/h9,12H,2-8H2,1H3. The molecule has 1 unspecified atom stereocenters. The van der Waals surface area contributed by atoms with Crippen molar-refractivity contribution in [2.24, 2.45) is 0 Å². The maximum atomic E-state index is 10.2. The molecule has 1 aliphatic carbocycles. The SMILES string of the molecule is CN1CCCCC1C1(O)CCC1. The number of likely N-dealkylation sites (N-methyl/N-ethyl adjacent to an activating group) is 1. The van der Waals surface area contributed by atoms with Gasteiger partial charge < -0.3 is 10.0 Å². The first-order valence-electron chi connectivity index (χ1n) is 5.15. The molecule has 2 fully saturated rings. The predicted molar refractivity (Wildman–Crippen MR) is 49.1 cm³/mol. The molecule has 0 amide bonds. The number of hydrogen-bond donors (Lipinski definition) is 1. The topological polar surface area (TPSA) is 23.5 Å². The van der Waals surface area contributed by atoms with E-state index in [1.165, 1.54) is 32.2 Å². The lowest BCUT2D eigenvalue weighted by Gasteiger charge is -2.49. The van der Waals surface area contributed by atoms with E-state index in [1.54, 1.807) is 0 Å². The number of likely N-dealkylation sites (tertiary alicyclic amines) is 1. The molecule has 0 radical (unpaired) electrons. The first kappa shape index (κ1) is 8.52. The Kier molecular flexibility index (Phi) is 2.13. The predicted octanol–water partition coefficient (Wildman–Crippen LogP) is 1.39. The average molecular weight is 169 g/mol. The lowest BCUT2D eigenvalue weighted by Crippen LogP contribution is -2.57. The highest BCUT2D eigenvalue weighted by Gasteiger charge is 2.44. The Hall–Kier alpha value is -0.0800. The van der Waals surface area contributed by atoms with E-state index in [2.05, 4.69) is 11.9 Å². The van der Waals surface area contributed by atoms with Crippen LogP contribution in [-0.4, -0.2) is 35.2 Å². The fourth-order valence-corrected chi connectivity index (χ4v) is 2.63. The van der Waals surface area contributed by atoms with Crippen molar-refractivity contribution in [3.05, 3.63) is 0 Å². The molecule has 0 aromatic heterocycles. The zero-order chi connectivity index (χ0) is 8.60. The third-order valence-corrected chi connectivity index (χ3v) is 3.61. The van der Waals surface area contributed by atoms with Crippen LogP contribution in [0.3, 0.4) is 0 Å². The van der Waals surface area contributed by atoms with E-state index < -0.39 is 0 Å². The van der Waals surface area contributed by atoms with Crippen LogP contribution in [0.15, 0.2) is 0 Å². The summed E-state index contributed by atoms with van der Waals surface area (Å²) in [6, 6.07) is 0.458.